The minimum absolute atomic E-state index is 0.186. The highest BCUT2D eigenvalue weighted by molar-refractivity contribution is 5.96. The summed E-state index contributed by atoms with van der Waals surface area (Å²) in [6.07, 6.45) is -1.53. The second-order valence-electron chi connectivity index (χ2n) is 5.93. The molecule has 3 rings (SSSR count). The van der Waals surface area contributed by atoms with Gasteiger partial charge in [-0.15, -0.1) is 13.2 Å². The van der Waals surface area contributed by atoms with Gasteiger partial charge in [0.25, 0.3) is 5.91 Å². The van der Waals surface area contributed by atoms with Crippen LogP contribution in [0.25, 0.3) is 11.3 Å². The highest BCUT2D eigenvalue weighted by Gasteiger charge is 2.32. The number of nitrogens with zero attached hydrogens (tertiary/aromatic N) is 3. The normalized spacial score (nSPS) is 11.3. The van der Waals surface area contributed by atoms with Gasteiger partial charge in [0.15, 0.2) is 0 Å². The van der Waals surface area contributed by atoms with E-state index in [0.717, 1.165) is 23.0 Å². The Morgan fingerprint density at radius 3 is 2.61 bits per heavy atom. The molecule has 9 heteroatoms. The first-order valence-electron chi connectivity index (χ1n) is 8.41. The Morgan fingerprint density at radius 1 is 1.18 bits per heavy atom. The van der Waals surface area contributed by atoms with E-state index in [4.69, 9.17) is 0 Å². The number of benzene rings is 1. The van der Waals surface area contributed by atoms with Gasteiger partial charge in [-0.1, -0.05) is 12.1 Å². The van der Waals surface area contributed by atoms with Crippen molar-refractivity contribution in [1.29, 1.82) is 0 Å². The lowest BCUT2D eigenvalue weighted by molar-refractivity contribution is -0.274. The molecule has 1 N–H and O–H groups in total. The molecule has 0 fully saturated rings. The van der Waals surface area contributed by atoms with E-state index in [1.807, 2.05) is 25.1 Å². The lowest BCUT2D eigenvalue weighted by atomic mass is 10.2. The summed E-state index contributed by atoms with van der Waals surface area (Å²) in [6, 6.07) is 10.8. The number of para-hydroxylation sites is 1. The maximum atomic E-state index is 12.5. The van der Waals surface area contributed by atoms with Crippen LogP contribution in [0.1, 0.15) is 16.1 Å². The van der Waals surface area contributed by atoms with Gasteiger partial charge in [-0.3, -0.25) is 14.5 Å². The summed E-state index contributed by atoms with van der Waals surface area (Å²) in [5.74, 6) is -1.19. The van der Waals surface area contributed by atoms with Crippen molar-refractivity contribution in [3.8, 4) is 17.0 Å². The van der Waals surface area contributed by atoms with Gasteiger partial charge in [-0.25, -0.2) is 0 Å². The molecule has 2 aromatic heterocycles. The Bertz CT molecular complexity index is 955. The third-order valence-corrected chi connectivity index (χ3v) is 3.92. The summed E-state index contributed by atoms with van der Waals surface area (Å²) in [6.45, 7) is 2.44. The third-order valence-electron chi connectivity index (χ3n) is 3.92. The van der Waals surface area contributed by atoms with Crippen LogP contribution >= 0.6 is 0 Å². The second-order valence-corrected chi connectivity index (χ2v) is 5.93. The van der Waals surface area contributed by atoms with Crippen LogP contribution in [-0.2, 0) is 6.54 Å². The van der Waals surface area contributed by atoms with Crippen molar-refractivity contribution in [2.45, 2.75) is 19.8 Å². The van der Waals surface area contributed by atoms with Crippen LogP contribution in [0.3, 0.4) is 0 Å². The van der Waals surface area contributed by atoms with Gasteiger partial charge in [0.2, 0.25) is 0 Å². The monoisotopic (exact) mass is 390 g/mol. The number of alkyl halides is 3. The molecular weight excluding hydrogens is 373 g/mol. The molecule has 146 valence electrons. The summed E-state index contributed by atoms with van der Waals surface area (Å²) in [5, 5.41) is 7.07. The fraction of sp³-hybridized carbons (Fsp3) is 0.211. The van der Waals surface area contributed by atoms with Gasteiger partial charge in [-0.05, 0) is 37.3 Å². The maximum absolute atomic E-state index is 12.5. The van der Waals surface area contributed by atoms with Crippen molar-refractivity contribution < 1.29 is 22.7 Å². The van der Waals surface area contributed by atoms with E-state index in [1.54, 1.807) is 17.1 Å². The first-order chi connectivity index (χ1) is 13.3. The predicted molar refractivity (Wildman–Crippen MR) is 95.7 cm³/mol. The molecule has 0 aliphatic heterocycles. The van der Waals surface area contributed by atoms with Crippen LogP contribution in [0.2, 0.25) is 0 Å². The molecule has 0 aliphatic carbocycles. The molecule has 3 aromatic rings. The summed E-state index contributed by atoms with van der Waals surface area (Å²) < 4.78 is 43.0. The molecule has 0 saturated heterocycles. The van der Waals surface area contributed by atoms with Crippen molar-refractivity contribution >= 4 is 5.91 Å². The molecule has 0 saturated carbocycles. The van der Waals surface area contributed by atoms with E-state index in [-0.39, 0.29) is 12.1 Å². The molecule has 0 aliphatic rings. The van der Waals surface area contributed by atoms with Crippen LogP contribution in [0.5, 0.6) is 5.75 Å². The molecule has 0 radical (unpaired) electrons. The molecule has 0 bridgehead atoms. The molecular formula is C19H17F3N4O2. The van der Waals surface area contributed by atoms with Crippen molar-refractivity contribution in [3.63, 3.8) is 0 Å². The minimum Gasteiger partial charge on any atom is -0.405 e. The molecule has 2 heterocycles. The number of hydrogen-bond donors (Lipinski definition) is 1. The number of hydrogen-bond acceptors (Lipinski definition) is 4. The minimum atomic E-state index is -4.87. The molecule has 1 amide bonds. The number of ether oxygens (including phenoxy) is 1. The summed E-state index contributed by atoms with van der Waals surface area (Å²) >= 11 is 0. The van der Waals surface area contributed by atoms with Gasteiger partial charge in [0, 0.05) is 30.2 Å². The zero-order valence-electron chi connectivity index (χ0n) is 14.9. The third kappa shape index (κ3) is 4.87. The molecule has 1 aromatic carbocycles. The largest absolute Gasteiger partial charge is 0.573 e. The first-order valence-corrected chi connectivity index (χ1v) is 8.41. The van der Waals surface area contributed by atoms with Gasteiger partial charge in [0.1, 0.15) is 5.75 Å². The Morgan fingerprint density at radius 2 is 1.89 bits per heavy atom. The summed E-state index contributed by atoms with van der Waals surface area (Å²) in [4.78, 5) is 16.2. The highest BCUT2D eigenvalue weighted by atomic mass is 19.4. The molecule has 0 atom stereocenters. The van der Waals surface area contributed by atoms with Gasteiger partial charge < -0.3 is 10.1 Å². The zero-order chi connectivity index (χ0) is 20.1. The number of halogens is 3. The first kappa shape index (κ1) is 19.4. The summed E-state index contributed by atoms with van der Waals surface area (Å²) in [5.41, 5.74) is 2.39. The van der Waals surface area contributed by atoms with E-state index >= 15 is 0 Å². The summed E-state index contributed by atoms with van der Waals surface area (Å²) in [7, 11) is 0. The van der Waals surface area contributed by atoms with E-state index < -0.39 is 18.0 Å². The van der Waals surface area contributed by atoms with Crippen LogP contribution in [0.4, 0.5) is 13.2 Å². The van der Waals surface area contributed by atoms with Gasteiger partial charge in [-0.2, -0.15) is 5.10 Å². The van der Waals surface area contributed by atoms with E-state index in [1.165, 1.54) is 18.2 Å². The second kappa shape index (κ2) is 8.12. The van der Waals surface area contributed by atoms with E-state index in [2.05, 4.69) is 20.1 Å². The average Bonchev–Trinajstić information content (AvgIpc) is 3.02. The Hall–Kier alpha value is -3.36. The molecule has 0 unspecified atom stereocenters. The molecule has 6 nitrogen and oxygen atoms in total. The fourth-order valence-electron chi connectivity index (χ4n) is 2.64. The van der Waals surface area contributed by atoms with Crippen LogP contribution in [0, 0.1) is 6.92 Å². The lowest BCUT2D eigenvalue weighted by Gasteiger charge is -2.13. The Kier molecular flexibility index (Phi) is 5.62. The number of rotatable bonds is 6. The number of aromatic nitrogens is 3. The topological polar surface area (TPSA) is 69.0 Å². The van der Waals surface area contributed by atoms with Crippen molar-refractivity contribution in [2.75, 3.05) is 6.54 Å². The Balaban J connectivity index is 1.63. The Labute approximate surface area is 159 Å². The van der Waals surface area contributed by atoms with Crippen LogP contribution < -0.4 is 10.1 Å². The van der Waals surface area contributed by atoms with Crippen LogP contribution in [0.15, 0.2) is 54.9 Å². The standard InChI is InChI=1S/C19H17F3N4O2/c1-13-12-16(14-6-8-23-9-7-14)25-26(13)11-10-24-18(27)15-4-2-3-5-17(15)28-19(20,21)22/h2-9,12H,10-11H2,1H3,(H,24,27). The lowest BCUT2D eigenvalue weighted by Crippen LogP contribution is -2.29. The van der Waals surface area contributed by atoms with Crippen LogP contribution in [-0.4, -0.2) is 33.6 Å². The van der Waals surface area contributed by atoms with E-state index in [9.17, 15) is 18.0 Å². The van der Waals surface area contributed by atoms with Crippen molar-refractivity contribution in [1.82, 2.24) is 20.1 Å². The molecule has 0 spiro atoms. The smallest absolute Gasteiger partial charge is 0.405 e. The maximum Gasteiger partial charge on any atom is 0.573 e. The number of nitrogens with one attached hydrogen (secondary N) is 1. The number of aryl methyl sites for hydroxylation is 1. The number of carbonyl (C=O) groups excluding carboxylic acids is 1. The number of amides is 1. The molecule has 28 heavy (non-hydrogen) atoms. The van der Waals surface area contributed by atoms with Gasteiger partial charge in [0.05, 0.1) is 17.8 Å². The zero-order valence-corrected chi connectivity index (χ0v) is 14.9. The number of pyridine rings is 1. The average molecular weight is 390 g/mol. The quantitative estimate of drug-likeness (QED) is 0.699. The van der Waals surface area contributed by atoms with E-state index in [0.29, 0.717) is 6.54 Å². The SMILES string of the molecule is Cc1cc(-c2ccncc2)nn1CCNC(=O)c1ccccc1OC(F)(F)F. The van der Waals surface area contributed by atoms with Gasteiger partial charge >= 0.3 is 6.36 Å². The predicted octanol–water partition coefficient (Wildman–Crippen LogP) is 3.58. The fourth-order valence-corrected chi connectivity index (χ4v) is 2.64. The number of carbonyl (C=O) groups is 1. The van der Waals surface area contributed by atoms with Crippen molar-refractivity contribution in [2.24, 2.45) is 0 Å². The highest BCUT2D eigenvalue weighted by Crippen LogP contribution is 2.26. The van der Waals surface area contributed by atoms with Crippen molar-refractivity contribution in [3.05, 3.63) is 66.1 Å².